The second-order valence-electron chi connectivity index (χ2n) is 7.45. The predicted octanol–water partition coefficient (Wildman–Crippen LogP) is 3.79. The Kier molecular flexibility index (Phi) is 7.36. The van der Waals surface area contributed by atoms with Gasteiger partial charge in [-0.05, 0) is 49.6 Å². The zero-order valence-corrected chi connectivity index (χ0v) is 17.8. The molecular formula is C23H26N4O2S. The highest BCUT2D eigenvalue weighted by molar-refractivity contribution is 8.13. The van der Waals surface area contributed by atoms with E-state index in [1.165, 1.54) is 23.4 Å². The van der Waals surface area contributed by atoms with Gasteiger partial charge in [0, 0.05) is 12.0 Å². The SMILES string of the molecule is CSC(=NC1CCC(CNC(=O)c2ccccc2O)(c2ccccc2)CC1)NC#N. The van der Waals surface area contributed by atoms with Crippen molar-refractivity contribution in [2.24, 2.45) is 4.99 Å². The van der Waals surface area contributed by atoms with Crippen molar-refractivity contribution in [3.63, 3.8) is 0 Å². The minimum Gasteiger partial charge on any atom is -0.507 e. The van der Waals surface area contributed by atoms with Gasteiger partial charge >= 0.3 is 0 Å². The van der Waals surface area contributed by atoms with Crippen molar-refractivity contribution in [3.05, 3.63) is 65.7 Å². The van der Waals surface area contributed by atoms with E-state index >= 15 is 0 Å². The normalized spacial score (nSPS) is 21.5. The van der Waals surface area contributed by atoms with Crippen LogP contribution < -0.4 is 10.6 Å². The highest BCUT2D eigenvalue weighted by Gasteiger charge is 2.37. The van der Waals surface area contributed by atoms with E-state index in [1.807, 2.05) is 30.6 Å². The van der Waals surface area contributed by atoms with Gasteiger partial charge in [-0.2, -0.15) is 5.26 Å². The Hall–Kier alpha value is -2.98. The largest absolute Gasteiger partial charge is 0.507 e. The molecule has 2 aromatic rings. The fourth-order valence-electron chi connectivity index (χ4n) is 4.00. The van der Waals surface area contributed by atoms with Gasteiger partial charge in [0.05, 0.1) is 11.6 Å². The van der Waals surface area contributed by atoms with Gasteiger partial charge in [0.1, 0.15) is 5.75 Å². The number of hydrogen-bond donors (Lipinski definition) is 3. The van der Waals surface area contributed by atoms with E-state index in [1.54, 1.807) is 18.2 Å². The Labute approximate surface area is 181 Å². The van der Waals surface area contributed by atoms with Crippen LogP contribution in [0.2, 0.25) is 0 Å². The molecule has 3 rings (SSSR count). The molecule has 1 saturated carbocycles. The molecule has 0 aromatic heterocycles. The summed E-state index contributed by atoms with van der Waals surface area (Å²) in [5, 5.41) is 25.1. The van der Waals surface area contributed by atoms with E-state index in [0.717, 1.165) is 25.7 Å². The molecule has 30 heavy (non-hydrogen) atoms. The molecular weight excluding hydrogens is 396 g/mol. The summed E-state index contributed by atoms with van der Waals surface area (Å²) in [6.45, 7) is 0.493. The van der Waals surface area contributed by atoms with Crippen LogP contribution in [-0.2, 0) is 5.41 Å². The molecule has 1 aliphatic rings. The maximum absolute atomic E-state index is 12.7. The maximum atomic E-state index is 12.7. The summed E-state index contributed by atoms with van der Waals surface area (Å²) in [5.41, 5.74) is 1.30. The van der Waals surface area contributed by atoms with Crippen LogP contribution >= 0.6 is 11.8 Å². The molecule has 0 atom stereocenters. The quantitative estimate of drug-likeness (QED) is 0.295. The second-order valence-corrected chi connectivity index (χ2v) is 8.25. The first kappa shape index (κ1) is 21.7. The first-order valence-corrected chi connectivity index (χ1v) is 11.2. The van der Waals surface area contributed by atoms with E-state index in [9.17, 15) is 9.90 Å². The maximum Gasteiger partial charge on any atom is 0.255 e. The van der Waals surface area contributed by atoms with Crippen LogP contribution in [0, 0.1) is 11.5 Å². The molecule has 3 N–H and O–H groups in total. The average molecular weight is 423 g/mol. The minimum atomic E-state index is -0.272. The third kappa shape index (κ3) is 5.14. The number of thioether (sulfide) groups is 1. The molecule has 0 heterocycles. The van der Waals surface area contributed by atoms with E-state index in [4.69, 9.17) is 5.26 Å². The molecule has 156 valence electrons. The molecule has 1 amide bonds. The van der Waals surface area contributed by atoms with Gasteiger partial charge in [-0.25, -0.2) is 0 Å². The van der Waals surface area contributed by atoms with Crippen molar-refractivity contribution in [3.8, 4) is 11.9 Å². The number of phenols is 1. The number of aliphatic imine (C=N–C) groups is 1. The molecule has 1 fully saturated rings. The summed E-state index contributed by atoms with van der Waals surface area (Å²) in [5.74, 6) is -0.289. The lowest BCUT2D eigenvalue weighted by Gasteiger charge is -2.40. The molecule has 0 spiro atoms. The lowest BCUT2D eigenvalue weighted by Crippen LogP contribution is -2.44. The average Bonchev–Trinajstić information content (AvgIpc) is 2.79. The summed E-state index contributed by atoms with van der Waals surface area (Å²) in [6.07, 6.45) is 7.33. The van der Waals surface area contributed by atoms with Crippen LogP contribution in [0.15, 0.2) is 59.6 Å². The Morgan fingerprint density at radius 3 is 2.50 bits per heavy atom. The van der Waals surface area contributed by atoms with Crippen molar-refractivity contribution >= 4 is 22.8 Å². The standard InChI is InChI=1S/C23H26N4O2S/c1-30-22(26-16-24)27-18-11-13-23(14-12-18,17-7-3-2-4-8-17)15-25-21(29)19-9-5-6-10-20(19)28/h2-10,18,28H,11-15H2,1H3,(H,25,29)(H,26,27). The van der Waals surface area contributed by atoms with Gasteiger partial charge in [0.15, 0.2) is 11.4 Å². The monoisotopic (exact) mass is 422 g/mol. The number of nitrogens with one attached hydrogen (secondary N) is 2. The van der Waals surface area contributed by atoms with Crippen molar-refractivity contribution in [1.82, 2.24) is 10.6 Å². The molecule has 0 unspecified atom stereocenters. The molecule has 2 aromatic carbocycles. The summed E-state index contributed by atoms with van der Waals surface area (Å²) >= 11 is 1.43. The van der Waals surface area contributed by atoms with E-state index < -0.39 is 0 Å². The number of rotatable bonds is 5. The number of amides is 1. The van der Waals surface area contributed by atoms with Crippen molar-refractivity contribution in [1.29, 1.82) is 5.26 Å². The molecule has 6 nitrogen and oxygen atoms in total. The molecule has 0 radical (unpaired) electrons. The molecule has 0 saturated heterocycles. The highest BCUT2D eigenvalue weighted by Crippen LogP contribution is 2.40. The van der Waals surface area contributed by atoms with Crippen LogP contribution in [0.4, 0.5) is 0 Å². The topological polar surface area (TPSA) is 97.5 Å². The van der Waals surface area contributed by atoms with Gasteiger partial charge in [-0.15, -0.1) is 0 Å². The Balaban J connectivity index is 1.75. The van der Waals surface area contributed by atoms with Gasteiger partial charge in [0.25, 0.3) is 5.91 Å². The smallest absolute Gasteiger partial charge is 0.255 e. The summed E-state index contributed by atoms with van der Waals surface area (Å²) < 4.78 is 0. The second kappa shape index (κ2) is 10.2. The highest BCUT2D eigenvalue weighted by atomic mass is 32.2. The van der Waals surface area contributed by atoms with Crippen LogP contribution in [0.1, 0.15) is 41.6 Å². The Morgan fingerprint density at radius 2 is 1.87 bits per heavy atom. The number of carbonyl (C=O) groups excluding carboxylic acids is 1. The zero-order valence-electron chi connectivity index (χ0n) is 17.0. The number of benzene rings is 2. The fourth-order valence-corrected chi connectivity index (χ4v) is 4.41. The van der Waals surface area contributed by atoms with E-state index in [2.05, 4.69) is 27.8 Å². The van der Waals surface area contributed by atoms with E-state index in [0.29, 0.717) is 11.7 Å². The van der Waals surface area contributed by atoms with Gasteiger partial charge in [-0.3, -0.25) is 15.1 Å². The van der Waals surface area contributed by atoms with Crippen LogP contribution in [-0.4, -0.2) is 35.0 Å². The number of amidine groups is 1. The minimum absolute atomic E-state index is 0.0172. The van der Waals surface area contributed by atoms with Gasteiger partial charge < -0.3 is 10.4 Å². The van der Waals surface area contributed by atoms with Crippen molar-refractivity contribution in [2.45, 2.75) is 37.1 Å². The Bertz CT molecular complexity index is 932. The number of phenolic OH excluding ortho intramolecular Hbond substituents is 1. The van der Waals surface area contributed by atoms with Crippen molar-refractivity contribution in [2.75, 3.05) is 12.8 Å². The number of para-hydroxylation sites is 1. The Morgan fingerprint density at radius 1 is 1.20 bits per heavy atom. The van der Waals surface area contributed by atoms with Crippen molar-refractivity contribution < 1.29 is 9.90 Å². The van der Waals surface area contributed by atoms with Crippen LogP contribution in [0.3, 0.4) is 0 Å². The molecule has 1 aliphatic carbocycles. The third-order valence-electron chi connectivity index (χ3n) is 5.69. The molecule has 0 bridgehead atoms. The lowest BCUT2D eigenvalue weighted by molar-refractivity contribution is 0.0933. The number of carbonyl (C=O) groups is 1. The van der Waals surface area contributed by atoms with Gasteiger partial charge in [-0.1, -0.05) is 54.2 Å². The summed E-state index contributed by atoms with van der Waals surface area (Å²) in [4.78, 5) is 17.4. The first-order valence-electron chi connectivity index (χ1n) is 9.96. The van der Waals surface area contributed by atoms with Gasteiger partial charge in [0.2, 0.25) is 0 Å². The number of hydrogen-bond acceptors (Lipinski definition) is 5. The van der Waals surface area contributed by atoms with Crippen LogP contribution in [0.25, 0.3) is 0 Å². The number of aromatic hydroxyl groups is 1. The summed E-state index contributed by atoms with van der Waals surface area (Å²) in [7, 11) is 0. The predicted molar refractivity (Wildman–Crippen MR) is 121 cm³/mol. The lowest BCUT2D eigenvalue weighted by atomic mass is 9.68. The summed E-state index contributed by atoms with van der Waals surface area (Å²) in [6, 6.07) is 17.0. The number of nitriles is 1. The first-order chi connectivity index (χ1) is 14.6. The van der Waals surface area contributed by atoms with E-state index in [-0.39, 0.29) is 28.7 Å². The van der Waals surface area contributed by atoms with Crippen LogP contribution in [0.5, 0.6) is 5.75 Å². The fraction of sp³-hybridized carbons (Fsp3) is 0.348. The third-order valence-corrected chi connectivity index (χ3v) is 6.28. The zero-order chi connectivity index (χ0) is 21.4. The molecule has 7 heteroatoms. The molecule has 0 aliphatic heterocycles. The number of nitrogens with zero attached hydrogens (tertiary/aromatic N) is 2.